The lowest BCUT2D eigenvalue weighted by atomic mass is 9.86. The molecule has 7 nitrogen and oxygen atoms in total. The Hall–Kier alpha value is -3.74. The molecule has 7 heteroatoms. The smallest absolute Gasteiger partial charge is 0.271 e. The number of benzene rings is 2. The van der Waals surface area contributed by atoms with Crippen LogP contribution in [0.15, 0.2) is 53.6 Å². The summed E-state index contributed by atoms with van der Waals surface area (Å²) in [5, 5.41) is 19.2. The highest BCUT2D eigenvalue weighted by Gasteiger charge is 2.20. The number of aromatic nitrogens is 2. The molecule has 160 valence electrons. The third kappa shape index (κ3) is 4.71. The molecule has 3 aromatic rings. The van der Waals surface area contributed by atoms with Crippen molar-refractivity contribution in [3.8, 4) is 17.0 Å². The maximum Gasteiger partial charge on any atom is 0.271 e. The molecule has 0 saturated carbocycles. The predicted molar refractivity (Wildman–Crippen MR) is 121 cm³/mol. The van der Waals surface area contributed by atoms with Crippen molar-refractivity contribution < 1.29 is 14.7 Å². The second kappa shape index (κ2) is 8.55. The van der Waals surface area contributed by atoms with Crippen molar-refractivity contribution in [3.63, 3.8) is 0 Å². The van der Waals surface area contributed by atoms with Crippen molar-refractivity contribution in [1.82, 2.24) is 15.2 Å². The van der Waals surface area contributed by atoms with E-state index in [9.17, 15) is 14.7 Å². The molecule has 0 radical (unpaired) electrons. The van der Waals surface area contributed by atoms with E-state index in [2.05, 4.69) is 36.4 Å². The molecule has 0 atom stereocenters. The van der Waals surface area contributed by atoms with Crippen molar-refractivity contribution in [2.45, 2.75) is 33.1 Å². The molecule has 1 amide bonds. The van der Waals surface area contributed by atoms with Gasteiger partial charge in [-0.2, -0.15) is 10.2 Å². The van der Waals surface area contributed by atoms with Gasteiger partial charge < -0.3 is 5.11 Å². The highest BCUT2D eigenvalue weighted by Crippen LogP contribution is 2.33. The van der Waals surface area contributed by atoms with Crippen LogP contribution in [-0.2, 0) is 12.5 Å². The zero-order chi connectivity index (χ0) is 22.8. The van der Waals surface area contributed by atoms with Crippen LogP contribution in [0.25, 0.3) is 11.3 Å². The molecule has 0 bridgehead atoms. The number of aromatic hydroxyl groups is 1. The second-order valence-corrected chi connectivity index (χ2v) is 8.37. The Labute approximate surface area is 181 Å². The normalized spacial score (nSPS) is 12.0. The predicted octanol–water partition coefficient (Wildman–Crippen LogP) is 4.06. The molecule has 0 unspecified atom stereocenters. The van der Waals surface area contributed by atoms with Crippen LogP contribution in [0.2, 0.25) is 0 Å². The van der Waals surface area contributed by atoms with Crippen molar-refractivity contribution in [3.05, 3.63) is 70.9 Å². The maximum absolute atomic E-state index is 12.3. The lowest BCUT2D eigenvalue weighted by Gasteiger charge is -2.19. The van der Waals surface area contributed by atoms with E-state index >= 15 is 0 Å². The Kier molecular flexibility index (Phi) is 6.06. The van der Waals surface area contributed by atoms with Gasteiger partial charge in [0.05, 0.1) is 5.71 Å². The molecule has 2 N–H and O–H groups in total. The summed E-state index contributed by atoms with van der Waals surface area (Å²) in [7, 11) is 1.75. The molecular weight excluding hydrogens is 392 g/mol. The van der Waals surface area contributed by atoms with Gasteiger partial charge in [-0.05, 0) is 30.0 Å². The fourth-order valence-electron chi connectivity index (χ4n) is 3.17. The van der Waals surface area contributed by atoms with Gasteiger partial charge in [0.1, 0.15) is 12.0 Å². The van der Waals surface area contributed by atoms with E-state index < -0.39 is 5.91 Å². The lowest BCUT2D eigenvalue weighted by molar-refractivity contribution is 0.0954. The van der Waals surface area contributed by atoms with Crippen LogP contribution in [0.4, 0.5) is 0 Å². The second-order valence-electron chi connectivity index (χ2n) is 8.37. The van der Waals surface area contributed by atoms with E-state index in [-0.39, 0.29) is 16.9 Å². The Morgan fingerprint density at radius 1 is 1.10 bits per heavy atom. The molecule has 0 aliphatic heterocycles. The van der Waals surface area contributed by atoms with Gasteiger partial charge >= 0.3 is 0 Å². The summed E-state index contributed by atoms with van der Waals surface area (Å²) >= 11 is 0. The van der Waals surface area contributed by atoms with Gasteiger partial charge in [0.2, 0.25) is 0 Å². The van der Waals surface area contributed by atoms with Crippen molar-refractivity contribution >= 4 is 17.9 Å². The zero-order valence-electron chi connectivity index (χ0n) is 18.3. The number of hydrazone groups is 1. The monoisotopic (exact) mass is 418 g/mol. The summed E-state index contributed by atoms with van der Waals surface area (Å²) in [6, 6.07) is 14.2. The standard InChI is InChI=1S/C24H26N4O3/c1-15(25-26-23(31)18-8-6-16(14-29)7-9-18)20-22(30)21(28(5)27-20)17-10-12-19(13-11-17)24(2,3)4/h6-14,30H,1-5H3,(H,26,31)/b25-15+. The van der Waals surface area contributed by atoms with Crippen molar-refractivity contribution in [2.75, 3.05) is 0 Å². The van der Waals surface area contributed by atoms with Gasteiger partial charge in [-0.15, -0.1) is 0 Å². The molecule has 0 aliphatic carbocycles. The third-order valence-electron chi connectivity index (χ3n) is 5.02. The van der Waals surface area contributed by atoms with Gasteiger partial charge in [0.15, 0.2) is 11.4 Å². The first-order chi connectivity index (χ1) is 14.6. The molecule has 0 saturated heterocycles. The molecule has 2 aromatic carbocycles. The third-order valence-corrected chi connectivity index (χ3v) is 5.02. The molecule has 3 rings (SSSR count). The molecule has 0 fully saturated rings. The molecular formula is C24H26N4O3. The van der Waals surface area contributed by atoms with Crippen molar-refractivity contribution in [1.29, 1.82) is 0 Å². The number of amides is 1. The fraction of sp³-hybridized carbons (Fsp3) is 0.250. The van der Waals surface area contributed by atoms with E-state index in [0.717, 1.165) is 5.56 Å². The van der Waals surface area contributed by atoms with E-state index in [1.807, 2.05) is 24.3 Å². The van der Waals surface area contributed by atoms with Crippen LogP contribution < -0.4 is 5.43 Å². The first kappa shape index (κ1) is 22.0. The SMILES string of the molecule is C/C(=N\NC(=O)c1ccc(C=O)cc1)c1nn(C)c(-c2ccc(C(C)(C)C)cc2)c1O. The molecule has 0 spiro atoms. The van der Waals surface area contributed by atoms with Gasteiger partial charge in [0, 0.05) is 23.7 Å². The molecule has 1 heterocycles. The zero-order valence-corrected chi connectivity index (χ0v) is 18.3. The van der Waals surface area contributed by atoms with Crippen molar-refractivity contribution in [2.24, 2.45) is 12.1 Å². The van der Waals surface area contributed by atoms with Crippen LogP contribution in [0.5, 0.6) is 5.75 Å². The summed E-state index contributed by atoms with van der Waals surface area (Å²) in [6.45, 7) is 8.09. The van der Waals surface area contributed by atoms with Crippen LogP contribution >= 0.6 is 0 Å². The Balaban J connectivity index is 1.83. The number of hydrogen-bond acceptors (Lipinski definition) is 5. The Morgan fingerprint density at radius 2 is 1.71 bits per heavy atom. The number of nitrogens with one attached hydrogen (secondary N) is 1. The Morgan fingerprint density at radius 3 is 2.26 bits per heavy atom. The number of rotatable bonds is 5. The van der Waals surface area contributed by atoms with E-state index in [1.165, 1.54) is 5.56 Å². The van der Waals surface area contributed by atoms with Gasteiger partial charge in [0.25, 0.3) is 5.91 Å². The maximum atomic E-state index is 12.3. The first-order valence-corrected chi connectivity index (χ1v) is 9.89. The average molecular weight is 418 g/mol. The summed E-state index contributed by atoms with van der Waals surface area (Å²) in [5.41, 5.74) is 6.59. The topological polar surface area (TPSA) is 96.6 Å². The minimum Gasteiger partial charge on any atom is -0.504 e. The molecule has 0 aliphatic rings. The number of aryl methyl sites for hydroxylation is 1. The van der Waals surface area contributed by atoms with Gasteiger partial charge in [-0.3, -0.25) is 14.3 Å². The summed E-state index contributed by atoms with van der Waals surface area (Å²) in [5.74, 6) is -0.429. The minimum atomic E-state index is -0.426. The number of carbonyl (C=O) groups excluding carboxylic acids is 2. The lowest BCUT2D eigenvalue weighted by Crippen LogP contribution is -2.19. The fourth-order valence-corrected chi connectivity index (χ4v) is 3.17. The van der Waals surface area contributed by atoms with Crippen LogP contribution in [0, 0.1) is 0 Å². The van der Waals surface area contributed by atoms with Crippen LogP contribution in [0.1, 0.15) is 59.7 Å². The minimum absolute atomic E-state index is 0.00292. The van der Waals surface area contributed by atoms with E-state index in [0.29, 0.717) is 28.8 Å². The van der Waals surface area contributed by atoms with Crippen LogP contribution in [-0.4, -0.2) is 32.8 Å². The van der Waals surface area contributed by atoms with Gasteiger partial charge in [-0.1, -0.05) is 57.2 Å². The quantitative estimate of drug-likeness (QED) is 0.371. The largest absolute Gasteiger partial charge is 0.504 e. The van der Waals surface area contributed by atoms with Gasteiger partial charge in [-0.25, -0.2) is 5.43 Å². The summed E-state index contributed by atoms with van der Waals surface area (Å²) in [4.78, 5) is 23.0. The van der Waals surface area contributed by atoms with Crippen LogP contribution in [0.3, 0.4) is 0 Å². The summed E-state index contributed by atoms with van der Waals surface area (Å²) < 4.78 is 1.59. The average Bonchev–Trinajstić information content (AvgIpc) is 3.05. The highest BCUT2D eigenvalue weighted by molar-refractivity contribution is 6.02. The van der Waals surface area contributed by atoms with E-state index in [4.69, 9.17) is 0 Å². The first-order valence-electron chi connectivity index (χ1n) is 9.89. The Bertz CT molecular complexity index is 1140. The number of aldehydes is 1. The van der Waals surface area contributed by atoms with E-state index in [1.54, 1.807) is 42.9 Å². The number of hydrogen-bond donors (Lipinski definition) is 2. The summed E-state index contributed by atoms with van der Waals surface area (Å²) in [6.07, 6.45) is 0.710. The number of carbonyl (C=O) groups is 2. The molecule has 31 heavy (non-hydrogen) atoms. The highest BCUT2D eigenvalue weighted by atomic mass is 16.3. The number of nitrogens with zero attached hydrogens (tertiary/aromatic N) is 3. The molecule has 1 aromatic heterocycles.